The van der Waals surface area contributed by atoms with E-state index in [9.17, 15) is 19.2 Å². The minimum Gasteiger partial charge on any atom is -0.466 e. The number of ether oxygens (including phenoxy) is 1. The summed E-state index contributed by atoms with van der Waals surface area (Å²) in [5.41, 5.74) is 4.19. The van der Waals surface area contributed by atoms with Crippen LogP contribution in [0, 0.1) is 19.8 Å². The molecular weight excluding hydrogens is 448 g/mol. The number of esters is 1. The average Bonchev–Trinajstić information content (AvgIpc) is 3.14. The zero-order valence-corrected chi connectivity index (χ0v) is 20.9. The van der Waals surface area contributed by atoms with Crippen LogP contribution in [0.5, 0.6) is 0 Å². The van der Waals surface area contributed by atoms with Gasteiger partial charge in [-0.2, -0.15) is 0 Å². The lowest BCUT2D eigenvalue weighted by molar-refractivity contribution is -0.151. The lowest BCUT2D eigenvalue weighted by atomic mass is 9.91. The van der Waals surface area contributed by atoms with Crippen molar-refractivity contribution in [2.75, 3.05) is 39.3 Å². The van der Waals surface area contributed by atoms with Crippen LogP contribution in [0.2, 0.25) is 0 Å². The predicted octanol–water partition coefficient (Wildman–Crippen LogP) is 2.29. The molecule has 1 aromatic rings. The molecule has 0 bridgehead atoms. The highest BCUT2D eigenvalue weighted by Crippen LogP contribution is 2.37. The van der Waals surface area contributed by atoms with E-state index in [1.54, 1.807) is 16.7 Å². The van der Waals surface area contributed by atoms with Crippen molar-refractivity contribution in [3.8, 4) is 0 Å². The van der Waals surface area contributed by atoms with Gasteiger partial charge in [0.15, 0.2) is 0 Å². The first kappa shape index (κ1) is 24.8. The zero-order valence-electron chi connectivity index (χ0n) is 20.9. The lowest BCUT2D eigenvalue weighted by Gasteiger charge is -2.33. The molecule has 4 amide bonds. The number of nitrogens with one attached hydrogen (secondary N) is 1. The Bertz CT molecular complexity index is 1070. The number of nitrogens with zero attached hydrogens (tertiary/aromatic N) is 3. The number of likely N-dealkylation sites (N-methyl/N-ethyl adjacent to an activating group) is 1. The first-order valence-electron chi connectivity index (χ1n) is 12.4. The summed E-state index contributed by atoms with van der Waals surface area (Å²) in [7, 11) is 0. The summed E-state index contributed by atoms with van der Waals surface area (Å²) in [6.45, 7) is 9.50. The SMILES string of the molecule is CCOC(=O)C1CCN(C(=O)CN2CC3=C(C2=O)[C@@H](c2ccc(C)cc2C)NC(=O)N3CC)CC1. The van der Waals surface area contributed by atoms with Crippen molar-refractivity contribution in [3.63, 3.8) is 0 Å². The quantitative estimate of drug-likeness (QED) is 0.628. The van der Waals surface area contributed by atoms with E-state index < -0.39 is 6.04 Å². The number of hydrogen-bond acceptors (Lipinski definition) is 5. The molecule has 0 radical (unpaired) electrons. The van der Waals surface area contributed by atoms with Crippen molar-refractivity contribution in [1.29, 1.82) is 0 Å². The Labute approximate surface area is 206 Å². The van der Waals surface area contributed by atoms with Crippen LogP contribution in [0.15, 0.2) is 29.5 Å². The summed E-state index contributed by atoms with van der Waals surface area (Å²) in [5, 5.41) is 3.00. The van der Waals surface area contributed by atoms with E-state index >= 15 is 0 Å². The third kappa shape index (κ3) is 4.76. The molecule has 188 valence electrons. The molecule has 3 aliphatic rings. The van der Waals surface area contributed by atoms with Gasteiger partial charge >= 0.3 is 12.0 Å². The fourth-order valence-corrected chi connectivity index (χ4v) is 5.28. The van der Waals surface area contributed by atoms with E-state index in [1.165, 1.54) is 4.90 Å². The van der Waals surface area contributed by atoms with Gasteiger partial charge in [0.1, 0.15) is 6.54 Å². The van der Waals surface area contributed by atoms with Crippen molar-refractivity contribution < 1.29 is 23.9 Å². The summed E-state index contributed by atoms with van der Waals surface area (Å²) in [4.78, 5) is 56.3. The minimum atomic E-state index is -0.547. The van der Waals surface area contributed by atoms with Crippen LogP contribution in [0.4, 0.5) is 4.79 Å². The van der Waals surface area contributed by atoms with Crippen LogP contribution >= 0.6 is 0 Å². The van der Waals surface area contributed by atoms with Crippen molar-refractivity contribution >= 4 is 23.8 Å². The molecule has 1 N–H and O–H groups in total. The maximum absolute atomic E-state index is 13.6. The van der Waals surface area contributed by atoms with E-state index in [0.29, 0.717) is 50.4 Å². The van der Waals surface area contributed by atoms with E-state index in [4.69, 9.17) is 4.74 Å². The number of rotatable bonds is 6. The van der Waals surface area contributed by atoms with E-state index in [0.717, 1.165) is 16.7 Å². The van der Waals surface area contributed by atoms with Crippen LogP contribution in [-0.4, -0.2) is 77.8 Å². The second kappa shape index (κ2) is 10.1. The highest BCUT2D eigenvalue weighted by Gasteiger charge is 2.44. The Balaban J connectivity index is 1.49. The van der Waals surface area contributed by atoms with Crippen LogP contribution < -0.4 is 5.32 Å². The normalized spacial score (nSPS) is 20.8. The molecule has 9 nitrogen and oxygen atoms in total. The Morgan fingerprint density at radius 2 is 1.83 bits per heavy atom. The number of hydrogen-bond donors (Lipinski definition) is 1. The first-order valence-corrected chi connectivity index (χ1v) is 12.4. The molecule has 3 heterocycles. The predicted molar refractivity (Wildman–Crippen MR) is 129 cm³/mol. The van der Waals surface area contributed by atoms with Crippen LogP contribution in [0.25, 0.3) is 0 Å². The molecule has 1 atom stereocenters. The van der Waals surface area contributed by atoms with Gasteiger partial charge in [-0.05, 0) is 51.7 Å². The Hall–Kier alpha value is -3.36. The molecule has 3 aliphatic heterocycles. The standard InChI is InChI=1S/C26H34N4O5/c1-5-30-20-14-29(15-21(31)28-11-9-18(10-12-28)25(33)35-6-2)24(32)22(20)23(27-26(30)34)19-8-7-16(3)13-17(19)4/h7-8,13,18,23H,5-6,9-12,14-15H2,1-4H3,(H,27,34)/t23-/m1/s1. The molecule has 4 rings (SSSR count). The van der Waals surface area contributed by atoms with Gasteiger partial charge in [0.25, 0.3) is 5.91 Å². The number of piperidine rings is 1. The van der Waals surface area contributed by atoms with Gasteiger partial charge in [0.2, 0.25) is 5.91 Å². The Morgan fingerprint density at radius 3 is 2.46 bits per heavy atom. The summed E-state index contributed by atoms with van der Waals surface area (Å²) >= 11 is 0. The number of urea groups is 1. The minimum absolute atomic E-state index is 0.0543. The van der Waals surface area contributed by atoms with Gasteiger partial charge in [-0.15, -0.1) is 0 Å². The molecule has 9 heteroatoms. The van der Waals surface area contributed by atoms with Gasteiger partial charge < -0.3 is 19.9 Å². The third-order valence-electron chi connectivity index (χ3n) is 7.14. The monoisotopic (exact) mass is 482 g/mol. The number of aryl methyl sites for hydroxylation is 2. The van der Waals surface area contributed by atoms with Crippen LogP contribution in [0.3, 0.4) is 0 Å². The maximum atomic E-state index is 13.6. The molecule has 1 fully saturated rings. The number of likely N-dealkylation sites (tertiary alicyclic amines) is 1. The lowest BCUT2D eigenvalue weighted by Crippen LogP contribution is -2.47. The van der Waals surface area contributed by atoms with E-state index in [2.05, 4.69) is 5.32 Å². The molecule has 0 saturated carbocycles. The smallest absolute Gasteiger partial charge is 0.322 e. The molecule has 0 spiro atoms. The number of benzene rings is 1. The van der Waals surface area contributed by atoms with Gasteiger partial charge in [-0.3, -0.25) is 19.3 Å². The van der Waals surface area contributed by atoms with E-state index in [-0.39, 0.29) is 42.8 Å². The third-order valence-corrected chi connectivity index (χ3v) is 7.14. The van der Waals surface area contributed by atoms with Gasteiger partial charge in [-0.1, -0.05) is 23.8 Å². The summed E-state index contributed by atoms with van der Waals surface area (Å²) < 4.78 is 5.10. The molecule has 0 aliphatic carbocycles. The number of carbonyl (C=O) groups is 4. The first-order chi connectivity index (χ1) is 16.7. The number of amides is 4. The Kier molecular flexibility index (Phi) is 7.14. The van der Waals surface area contributed by atoms with Crippen molar-refractivity contribution in [3.05, 3.63) is 46.2 Å². The molecule has 35 heavy (non-hydrogen) atoms. The number of carbonyl (C=O) groups excluding carboxylic acids is 4. The van der Waals surface area contributed by atoms with Crippen molar-refractivity contribution in [2.45, 2.75) is 46.6 Å². The molecule has 1 aromatic carbocycles. The van der Waals surface area contributed by atoms with Crippen LogP contribution in [-0.2, 0) is 19.1 Å². The summed E-state index contributed by atoms with van der Waals surface area (Å²) in [6, 6.07) is 5.18. The maximum Gasteiger partial charge on any atom is 0.322 e. The second-order valence-electron chi connectivity index (χ2n) is 9.42. The van der Waals surface area contributed by atoms with Gasteiger partial charge in [0, 0.05) is 19.6 Å². The fraction of sp³-hybridized carbons (Fsp3) is 0.538. The van der Waals surface area contributed by atoms with Crippen LogP contribution in [0.1, 0.15) is 49.4 Å². The molecule has 0 unspecified atom stereocenters. The largest absolute Gasteiger partial charge is 0.466 e. The van der Waals surface area contributed by atoms with Gasteiger partial charge in [-0.25, -0.2) is 4.79 Å². The van der Waals surface area contributed by atoms with E-state index in [1.807, 2.05) is 39.0 Å². The fourth-order valence-electron chi connectivity index (χ4n) is 5.28. The zero-order chi connectivity index (χ0) is 25.3. The summed E-state index contributed by atoms with van der Waals surface area (Å²) in [5.74, 6) is -0.764. The molecule has 1 saturated heterocycles. The Morgan fingerprint density at radius 1 is 1.11 bits per heavy atom. The topological polar surface area (TPSA) is 99.3 Å². The molecule has 0 aromatic heterocycles. The van der Waals surface area contributed by atoms with Gasteiger partial charge in [0.05, 0.1) is 36.4 Å². The van der Waals surface area contributed by atoms with Crippen molar-refractivity contribution in [2.24, 2.45) is 5.92 Å². The highest BCUT2D eigenvalue weighted by molar-refractivity contribution is 6.03. The highest BCUT2D eigenvalue weighted by atomic mass is 16.5. The summed E-state index contributed by atoms with van der Waals surface area (Å²) in [6.07, 6.45) is 1.12. The average molecular weight is 483 g/mol. The van der Waals surface area contributed by atoms with Crippen molar-refractivity contribution in [1.82, 2.24) is 20.0 Å². The molecular formula is C26H34N4O5. The second-order valence-corrected chi connectivity index (χ2v) is 9.42.